The van der Waals surface area contributed by atoms with Gasteiger partial charge < -0.3 is 14.9 Å². The zero-order valence-electron chi connectivity index (χ0n) is 19.3. The molecule has 36 heavy (non-hydrogen) atoms. The van der Waals surface area contributed by atoms with Crippen molar-refractivity contribution in [3.8, 4) is 11.3 Å². The lowest BCUT2D eigenvalue weighted by molar-refractivity contribution is 0.136. The number of fused-ring (bicyclic) bond motifs is 2. The average Bonchev–Trinajstić information content (AvgIpc) is 2.83. The molecule has 1 saturated heterocycles. The molecule has 2 aromatic carbocycles. The van der Waals surface area contributed by atoms with Gasteiger partial charge in [-0.2, -0.15) is 0 Å². The Labute approximate surface area is 211 Å². The molecule has 1 atom stereocenters. The second-order valence-corrected chi connectivity index (χ2v) is 11.0. The molecule has 3 heterocycles. The third-order valence-electron chi connectivity index (χ3n) is 6.25. The number of amides is 1. The van der Waals surface area contributed by atoms with E-state index in [1.165, 1.54) is 11.1 Å². The molecule has 9 nitrogen and oxygen atoms in total. The number of carbonyl (C=O) groups is 1. The third kappa shape index (κ3) is 4.07. The van der Waals surface area contributed by atoms with Gasteiger partial charge in [0.1, 0.15) is 17.0 Å². The summed E-state index contributed by atoms with van der Waals surface area (Å²) >= 11 is 6.44. The van der Waals surface area contributed by atoms with Crippen LogP contribution in [0.15, 0.2) is 47.8 Å². The van der Waals surface area contributed by atoms with Crippen molar-refractivity contribution in [1.82, 2.24) is 19.9 Å². The van der Waals surface area contributed by atoms with Crippen LogP contribution in [0.3, 0.4) is 0 Å². The van der Waals surface area contributed by atoms with Gasteiger partial charge in [0.25, 0.3) is 0 Å². The number of rotatable bonds is 3. The van der Waals surface area contributed by atoms with Crippen LogP contribution in [0.25, 0.3) is 32.9 Å². The summed E-state index contributed by atoms with van der Waals surface area (Å²) < 4.78 is 41.0. The fourth-order valence-corrected chi connectivity index (χ4v) is 5.33. The maximum absolute atomic E-state index is 16.1. The quantitative estimate of drug-likeness (QED) is 0.392. The normalized spacial score (nSPS) is 16.6. The summed E-state index contributed by atoms with van der Waals surface area (Å²) in [4.78, 5) is 27.2. The molecule has 0 spiro atoms. The van der Waals surface area contributed by atoms with E-state index in [2.05, 4.69) is 15.0 Å². The van der Waals surface area contributed by atoms with Crippen LogP contribution in [-0.4, -0.2) is 71.4 Å². The molecule has 0 aliphatic carbocycles. The van der Waals surface area contributed by atoms with Gasteiger partial charge in [-0.15, -0.1) is 0 Å². The first-order valence-electron chi connectivity index (χ1n) is 11.0. The molecule has 1 amide bonds. The third-order valence-corrected chi connectivity index (χ3v) is 7.42. The molecule has 1 aliphatic heterocycles. The van der Waals surface area contributed by atoms with Gasteiger partial charge >= 0.3 is 6.09 Å². The monoisotopic (exact) mass is 529 g/mol. The van der Waals surface area contributed by atoms with Gasteiger partial charge in [0.05, 0.1) is 5.39 Å². The van der Waals surface area contributed by atoms with E-state index in [1.807, 2.05) is 12.1 Å². The summed E-state index contributed by atoms with van der Waals surface area (Å²) in [6.45, 7) is 2.39. The van der Waals surface area contributed by atoms with E-state index < -0.39 is 26.9 Å². The first-order chi connectivity index (χ1) is 17.1. The first-order valence-corrected chi connectivity index (χ1v) is 13.3. The molecule has 0 unspecified atom stereocenters. The Morgan fingerprint density at radius 3 is 2.56 bits per heavy atom. The lowest BCUT2D eigenvalue weighted by atomic mass is 10.0. The van der Waals surface area contributed by atoms with Gasteiger partial charge in [0, 0.05) is 54.1 Å². The van der Waals surface area contributed by atoms with Gasteiger partial charge in [-0.1, -0.05) is 41.9 Å². The van der Waals surface area contributed by atoms with Crippen LogP contribution < -0.4 is 4.90 Å². The minimum atomic E-state index is -3.89. The second-order valence-electron chi connectivity index (χ2n) is 8.70. The topological polar surface area (TPSA) is 117 Å². The van der Waals surface area contributed by atoms with Crippen LogP contribution in [-0.2, 0) is 9.84 Å². The lowest BCUT2D eigenvalue weighted by Crippen LogP contribution is -2.53. The fraction of sp³-hybridized carbons (Fsp3) is 0.250. The first kappa shape index (κ1) is 24.1. The highest BCUT2D eigenvalue weighted by Gasteiger charge is 2.31. The van der Waals surface area contributed by atoms with Crippen molar-refractivity contribution in [2.75, 3.05) is 30.8 Å². The van der Waals surface area contributed by atoms with E-state index in [0.29, 0.717) is 16.0 Å². The van der Waals surface area contributed by atoms with Crippen molar-refractivity contribution in [2.45, 2.75) is 18.1 Å². The SMILES string of the molecule is C[C@H]1CN(C(=O)O)CCN1c1nc(S(C)(=O)=O)nc2c(F)c(-c3cccc4cccc(Cl)c34)ncc12. The molecule has 186 valence electrons. The van der Waals surface area contributed by atoms with Gasteiger partial charge in [-0.25, -0.2) is 27.6 Å². The van der Waals surface area contributed by atoms with E-state index in [9.17, 15) is 18.3 Å². The van der Waals surface area contributed by atoms with E-state index in [0.717, 1.165) is 11.6 Å². The molecule has 0 bridgehead atoms. The number of aromatic nitrogens is 3. The minimum Gasteiger partial charge on any atom is -0.465 e. The average molecular weight is 530 g/mol. The van der Waals surface area contributed by atoms with Crippen LogP contribution in [0.4, 0.5) is 15.0 Å². The molecule has 1 aliphatic rings. The summed E-state index contributed by atoms with van der Waals surface area (Å²) in [5.74, 6) is -0.614. The van der Waals surface area contributed by atoms with E-state index in [1.54, 1.807) is 36.1 Å². The van der Waals surface area contributed by atoms with Crippen LogP contribution in [0, 0.1) is 5.82 Å². The van der Waals surface area contributed by atoms with Gasteiger partial charge in [-0.05, 0) is 18.4 Å². The lowest BCUT2D eigenvalue weighted by Gasteiger charge is -2.39. The second kappa shape index (κ2) is 8.82. The molecule has 0 saturated carbocycles. The van der Waals surface area contributed by atoms with Crippen molar-refractivity contribution in [2.24, 2.45) is 0 Å². The number of piperazine rings is 1. The maximum atomic E-state index is 16.1. The molecule has 2 aromatic heterocycles. The van der Waals surface area contributed by atoms with Crippen molar-refractivity contribution < 1.29 is 22.7 Å². The van der Waals surface area contributed by atoms with Crippen molar-refractivity contribution in [3.63, 3.8) is 0 Å². The number of hydrogen-bond acceptors (Lipinski definition) is 7. The number of halogens is 2. The molecule has 1 N–H and O–H groups in total. The van der Waals surface area contributed by atoms with Crippen molar-refractivity contribution in [1.29, 1.82) is 0 Å². The van der Waals surface area contributed by atoms with Crippen molar-refractivity contribution in [3.05, 3.63) is 53.4 Å². The predicted molar refractivity (Wildman–Crippen MR) is 135 cm³/mol. The van der Waals surface area contributed by atoms with Gasteiger partial charge in [0.15, 0.2) is 5.82 Å². The number of hydrogen-bond donors (Lipinski definition) is 1. The number of nitrogens with zero attached hydrogens (tertiary/aromatic N) is 5. The van der Waals surface area contributed by atoms with Crippen LogP contribution in [0.5, 0.6) is 0 Å². The number of anilines is 1. The molecule has 0 radical (unpaired) electrons. The zero-order chi connectivity index (χ0) is 25.8. The fourth-order valence-electron chi connectivity index (χ4n) is 4.53. The van der Waals surface area contributed by atoms with Crippen molar-refractivity contribution >= 4 is 55.0 Å². The van der Waals surface area contributed by atoms with Crippen LogP contribution >= 0.6 is 11.6 Å². The minimum absolute atomic E-state index is 0.0194. The Balaban J connectivity index is 1.74. The highest BCUT2D eigenvalue weighted by molar-refractivity contribution is 7.90. The standard InChI is InChI=1S/C24H21ClFN5O4S/c1-13-12-30(24(32)33)9-10-31(13)22-16-11-27-20(19(26)21(16)28-23(29-22)36(2,34)35)15-7-3-5-14-6-4-8-17(25)18(14)15/h3-8,11,13H,9-10,12H2,1-2H3,(H,32,33)/t13-/m0/s1. The molecular formula is C24H21ClFN5O4S. The summed E-state index contributed by atoms with van der Waals surface area (Å²) in [6.07, 6.45) is 1.33. The summed E-state index contributed by atoms with van der Waals surface area (Å²) in [5, 5.41) is 10.9. The molecule has 12 heteroatoms. The van der Waals surface area contributed by atoms with Gasteiger partial charge in [0.2, 0.25) is 15.0 Å². The number of benzene rings is 2. The number of sulfone groups is 1. The molecule has 5 rings (SSSR count). The molecule has 1 fully saturated rings. The Morgan fingerprint density at radius 1 is 1.17 bits per heavy atom. The van der Waals surface area contributed by atoms with Gasteiger partial charge in [-0.3, -0.25) is 4.98 Å². The number of pyridine rings is 1. The summed E-state index contributed by atoms with van der Waals surface area (Å²) in [6, 6.07) is 10.3. The maximum Gasteiger partial charge on any atom is 0.407 e. The Bertz CT molecular complexity index is 1640. The Hall–Kier alpha value is -3.57. The van der Waals surface area contributed by atoms with Crippen LogP contribution in [0.1, 0.15) is 6.92 Å². The Kier molecular flexibility index (Phi) is 5.92. The predicted octanol–water partition coefficient (Wildman–Crippen LogP) is 4.23. The smallest absolute Gasteiger partial charge is 0.407 e. The highest BCUT2D eigenvalue weighted by atomic mass is 35.5. The molecule has 4 aromatic rings. The highest BCUT2D eigenvalue weighted by Crippen LogP contribution is 2.37. The zero-order valence-corrected chi connectivity index (χ0v) is 20.9. The summed E-state index contributed by atoms with van der Waals surface area (Å²) in [7, 11) is -3.89. The van der Waals surface area contributed by atoms with Crippen LogP contribution in [0.2, 0.25) is 5.02 Å². The van der Waals surface area contributed by atoms with E-state index in [-0.39, 0.29) is 48.1 Å². The number of carboxylic acid groups (broad SMARTS) is 1. The summed E-state index contributed by atoms with van der Waals surface area (Å²) in [5.41, 5.74) is 0.235. The molecular weight excluding hydrogens is 509 g/mol. The Morgan fingerprint density at radius 2 is 1.89 bits per heavy atom. The van der Waals surface area contributed by atoms with E-state index in [4.69, 9.17) is 11.6 Å². The van der Waals surface area contributed by atoms with E-state index >= 15 is 4.39 Å². The largest absolute Gasteiger partial charge is 0.465 e.